The Bertz CT molecular complexity index is 268. The third-order valence-electron chi connectivity index (χ3n) is 1.77. The van der Waals surface area contributed by atoms with Crippen molar-refractivity contribution < 1.29 is 0 Å². The van der Waals surface area contributed by atoms with Gasteiger partial charge in [0.15, 0.2) is 0 Å². The predicted molar refractivity (Wildman–Crippen MR) is 56.8 cm³/mol. The monoisotopic (exact) mass is 178 g/mol. The number of benzene rings is 1. The zero-order chi connectivity index (χ0) is 8.97. The summed E-state index contributed by atoms with van der Waals surface area (Å²) in [5, 5.41) is 2.92. The van der Waals surface area contributed by atoms with E-state index >= 15 is 0 Å². The van der Waals surface area contributed by atoms with E-state index in [9.17, 15) is 0 Å². The Morgan fingerprint density at radius 1 is 1.33 bits per heavy atom. The molecule has 1 radical (unpaired) electrons. The number of para-hydroxylation sites is 1. The molecule has 0 spiro atoms. The topological polar surface area (TPSA) is 12.0 Å². The first-order valence-corrected chi connectivity index (χ1v) is 4.38. The first-order chi connectivity index (χ1) is 5.75. The van der Waals surface area contributed by atoms with Gasteiger partial charge in [0, 0.05) is 5.69 Å². The minimum Gasteiger partial charge on any atom is -0.344 e. The highest BCUT2D eigenvalue weighted by Crippen LogP contribution is 2.22. The van der Waals surface area contributed by atoms with Crippen molar-refractivity contribution in [3.8, 4) is 0 Å². The summed E-state index contributed by atoms with van der Waals surface area (Å²) in [6.45, 7) is 4.31. The number of thiocarbonyl (C=S) groups is 1. The van der Waals surface area contributed by atoms with Crippen molar-refractivity contribution in [3.05, 3.63) is 29.8 Å². The van der Waals surface area contributed by atoms with E-state index in [2.05, 4.69) is 42.9 Å². The van der Waals surface area contributed by atoms with Crippen molar-refractivity contribution in [2.75, 3.05) is 5.32 Å². The van der Waals surface area contributed by atoms with E-state index in [0.717, 1.165) is 5.69 Å². The van der Waals surface area contributed by atoms with Crippen molar-refractivity contribution in [1.29, 1.82) is 0 Å². The molecule has 1 aromatic carbocycles. The molecule has 1 N–H and O–H groups in total. The van der Waals surface area contributed by atoms with Crippen LogP contribution in [0.15, 0.2) is 24.3 Å². The van der Waals surface area contributed by atoms with Crippen molar-refractivity contribution in [1.82, 2.24) is 0 Å². The highest BCUT2D eigenvalue weighted by Gasteiger charge is 2.03. The standard InChI is InChI=1S/C10H12NS/c1-8(2)9-5-3-4-6-10(9)11-7-12/h3-6,8H,1-2H3,(H,11,12). The van der Waals surface area contributed by atoms with Crippen molar-refractivity contribution in [2.24, 2.45) is 0 Å². The average molecular weight is 178 g/mol. The predicted octanol–water partition coefficient (Wildman–Crippen LogP) is 3.06. The minimum atomic E-state index is 0.511. The van der Waals surface area contributed by atoms with Gasteiger partial charge in [0.2, 0.25) is 0 Å². The molecule has 0 atom stereocenters. The summed E-state index contributed by atoms with van der Waals surface area (Å²) in [4.78, 5) is 0. The fourth-order valence-corrected chi connectivity index (χ4v) is 1.28. The van der Waals surface area contributed by atoms with E-state index in [1.54, 1.807) is 0 Å². The lowest BCUT2D eigenvalue weighted by molar-refractivity contribution is 0.870. The Balaban J connectivity index is 2.99. The number of nitrogens with one attached hydrogen (secondary N) is 1. The van der Waals surface area contributed by atoms with Crippen molar-refractivity contribution in [2.45, 2.75) is 19.8 Å². The van der Waals surface area contributed by atoms with Gasteiger partial charge in [-0.1, -0.05) is 44.3 Å². The number of rotatable bonds is 3. The van der Waals surface area contributed by atoms with Crippen LogP contribution in [0.2, 0.25) is 0 Å². The molecule has 0 unspecified atom stereocenters. The molecular formula is C10H12NS. The van der Waals surface area contributed by atoms with Crippen LogP contribution in [0.3, 0.4) is 0 Å². The van der Waals surface area contributed by atoms with E-state index in [1.165, 1.54) is 5.56 Å². The molecule has 0 aliphatic rings. The van der Waals surface area contributed by atoms with E-state index in [-0.39, 0.29) is 0 Å². The fraction of sp³-hybridized carbons (Fsp3) is 0.300. The maximum atomic E-state index is 4.62. The Morgan fingerprint density at radius 3 is 2.58 bits per heavy atom. The van der Waals surface area contributed by atoms with Gasteiger partial charge < -0.3 is 5.32 Å². The molecule has 0 fully saturated rings. The van der Waals surface area contributed by atoms with Crippen LogP contribution in [0.5, 0.6) is 0 Å². The SMILES string of the molecule is CC(C)c1ccccc1N[C]=S. The molecule has 2 heteroatoms. The maximum Gasteiger partial charge on any atom is 0.138 e. The molecule has 1 rings (SSSR count). The second-order valence-corrected chi connectivity index (χ2v) is 3.17. The Hall–Kier alpha value is -0.890. The van der Waals surface area contributed by atoms with Gasteiger partial charge in [-0.3, -0.25) is 0 Å². The van der Waals surface area contributed by atoms with Crippen LogP contribution < -0.4 is 5.32 Å². The number of hydrogen-bond acceptors (Lipinski definition) is 1. The second-order valence-electron chi connectivity index (χ2n) is 2.97. The van der Waals surface area contributed by atoms with Gasteiger partial charge in [-0.25, -0.2) is 0 Å². The summed E-state index contributed by atoms with van der Waals surface area (Å²) in [7, 11) is 0. The first kappa shape index (κ1) is 9.20. The van der Waals surface area contributed by atoms with E-state index in [1.807, 2.05) is 18.2 Å². The normalized spacial score (nSPS) is 9.92. The van der Waals surface area contributed by atoms with Gasteiger partial charge in [-0.05, 0) is 17.5 Å². The molecule has 12 heavy (non-hydrogen) atoms. The Kier molecular flexibility index (Phi) is 3.23. The van der Waals surface area contributed by atoms with Crippen LogP contribution >= 0.6 is 12.2 Å². The quantitative estimate of drug-likeness (QED) is 0.564. The third-order valence-corrected chi connectivity index (χ3v) is 1.87. The molecule has 0 bridgehead atoms. The van der Waals surface area contributed by atoms with Gasteiger partial charge in [0.05, 0.1) is 0 Å². The molecule has 0 saturated carbocycles. The van der Waals surface area contributed by atoms with E-state index in [4.69, 9.17) is 0 Å². The fourth-order valence-electron chi connectivity index (χ4n) is 1.17. The molecule has 0 amide bonds. The van der Waals surface area contributed by atoms with Crippen LogP contribution in [0.4, 0.5) is 5.69 Å². The molecule has 0 aliphatic heterocycles. The van der Waals surface area contributed by atoms with Crippen molar-refractivity contribution in [3.63, 3.8) is 0 Å². The summed E-state index contributed by atoms with van der Waals surface area (Å²) >= 11 is 4.62. The lowest BCUT2D eigenvalue weighted by Crippen LogP contribution is -1.98. The lowest BCUT2D eigenvalue weighted by atomic mass is 10.0. The summed E-state index contributed by atoms with van der Waals surface area (Å²) < 4.78 is 0. The first-order valence-electron chi connectivity index (χ1n) is 3.97. The van der Waals surface area contributed by atoms with Crippen LogP contribution in [0.25, 0.3) is 0 Å². The molecule has 0 saturated heterocycles. The molecular weight excluding hydrogens is 166 g/mol. The summed E-state index contributed by atoms with van der Waals surface area (Å²) in [6, 6.07) is 8.12. The highest BCUT2D eigenvalue weighted by atomic mass is 32.1. The maximum absolute atomic E-state index is 4.62. The minimum absolute atomic E-state index is 0.511. The Morgan fingerprint density at radius 2 is 2.00 bits per heavy atom. The molecule has 63 valence electrons. The zero-order valence-corrected chi connectivity index (χ0v) is 8.11. The molecule has 1 nitrogen and oxygen atoms in total. The van der Waals surface area contributed by atoms with E-state index in [0.29, 0.717) is 5.92 Å². The van der Waals surface area contributed by atoms with Crippen LogP contribution in [-0.2, 0) is 0 Å². The number of anilines is 1. The van der Waals surface area contributed by atoms with Crippen LogP contribution in [0, 0.1) is 0 Å². The van der Waals surface area contributed by atoms with Gasteiger partial charge in [0.1, 0.15) is 5.49 Å². The van der Waals surface area contributed by atoms with Crippen molar-refractivity contribution >= 4 is 23.4 Å². The van der Waals surface area contributed by atoms with Gasteiger partial charge in [-0.15, -0.1) is 0 Å². The highest BCUT2D eigenvalue weighted by molar-refractivity contribution is 7.79. The lowest BCUT2D eigenvalue weighted by Gasteiger charge is -2.10. The van der Waals surface area contributed by atoms with Gasteiger partial charge in [-0.2, -0.15) is 0 Å². The zero-order valence-electron chi connectivity index (χ0n) is 7.29. The summed E-state index contributed by atoms with van der Waals surface area (Å²) in [6.07, 6.45) is 0. The summed E-state index contributed by atoms with van der Waals surface area (Å²) in [5.41, 5.74) is 4.84. The second kappa shape index (κ2) is 4.21. The van der Waals surface area contributed by atoms with Crippen LogP contribution in [0.1, 0.15) is 25.3 Å². The molecule has 0 aromatic heterocycles. The summed E-state index contributed by atoms with van der Waals surface area (Å²) in [5.74, 6) is 0.511. The van der Waals surface area contributed by atoms with Gasteiger partial charge in [0.25, 0.3) is 0 Å². The average Bonchev–Trinajstić information content (AvgIpc) is 2.05. The molecule has 0 aliphatic carbocycles. The smallest absolute Gasteiger partial charge is 0.138 e. The molecule has 0 heterocycles. The van der Waals surface area contributed by atoms with Gasteiger partial charge >= 0.3 is 0 Å². The van der Waals surface area contributed by atoms with Crippen LogP contribution in [-0.4, -0.2) is 5.49 Å². The third kappa shape index (κ3) is 2.05. The molecule has 1 aromatic rings. The Labute approximate surface area is 78.8 Å². The van der Waals surface area contributed by atoms with E-state index < -0.39 is 0 Å². The number of hydrogen-bond donors (Lipinski definition) is 1. The largest absolute Gasteiger partial charge is 0.344 e.